The van der Waals surface area contributed by atoms with Crippen LogP contribution < -0.4 is 21.3 Å². The Morgan fingerprint density at radius 1 is 1.38 bits per heavy atom. The number of hydrogen-bond acceptors (Lipinski definition) is 4. The van der Waals surface area contributed by atoms with Gasteiger partial charge >= 0.3 is 5.69 Å². The van der Waals surface area contributed by atoms with Gasteiger partial charge in [0.05, 0.1) is 13.0 Å². The number of carbonyl (C=O) groups is 1. The van der Waals surface area contributed by atoms with Crippen molar-refractivity contribution in [1.29, 1.82) is 0 Å². The van der Waals surface area contributed by atoms with Gasteiger partial charge < -0.3 is 15.0 Å². The second-order valence-corrected chi connectivity index (χ2v) is 5.95. The van der Waals surface area contributed by atoms with Gasteiger partial charge in [0.15, 0.2) is 0 Å². The van der Waals surface area contributed by atoms with Crippen LogP contribution in [0.3, 0.4) is 0 Å². The number of ether oxygens (including phenoxy) is 1. The summed E-state index contributed by atoms with van der Waals surface area (Å²) in [6, 6.07) is 7.87. The molecule has 1 aliphatic heterocycles. The van der Waals surface area contributed by atoms with Crippen LogP contribution in [-0.4, -0.2) is 28.6 Å². The molecule has 1 amide bonds. The summed E-state index contributed by atoms with van der Waals surface area (Å²) in [5, 5.41) is 2.83. The highest BCUT2D eigenvalue weighted by Crippen LogP contribution is 2.26. The van der Waals surface area contributed by atoms with Crippen LogP contribution in [0.5, 0.6) is 5.75 Å². The minimum atomic E-state index is -0.498. The SMILES string of the molecule is Cn1c(=O)[nH]cc(CC(=O)NC[C@@H]2COc3ccccc3C2)c1=O. The van der Waals surface area contributed by atoms with Gasteiger partial charge in [-0.05, 0) is 18.1 Å². The number of benzene rings is 1. The summed E-state index contributed by atoms with van der Waals surface area (Å²) in [5.74, 6) is 0.845. The van der Waals surface area contributed by atoms with Crippen molar-refractivity contribution >= 4 is 5.91 Å². The van der Waals surface area contributed by atoms with E-state index in [4.69, 9.17) is 4.74 Å². The Labute approximate surface area is 138 Å². The summed E-state index contributed by atoms with van der Waals surface area (Å²) < 4.78 is 6.64. The van der Waals surface area contributed by atoms with Gasteiger partial charge in [0, 0.05) is 31.3 Å². The zero-order valence-electron chi connectivity index (χ0n) is 13.4. The summed E-state index contributed by atoms with van der Waals surface area (Å²) in [4.78, 5) is 37.7. The van der Waals surface area contributed by atoms with Crippen LogP contribution in [0.4, 0.5) is 0 Å². The minimum absolute atomic E-state index is 0.0619. The number of carbonyl (C=O) groups excluding carboxylic acids is 1. The van der Waals surface area contributed by atoms with Crippen molar-refractivity contribution in [3.8, 4) is 5.75 Å². The number of para-hydroxylation sites is 1. The van der Waals surface area contributed by atoms with Crippen LogP contribution in [0, 0.1) is 5.92 Å². The smallest absolute Gasteiger partial charge is 0.328 e. The maximum Gasteiger partial charge on any atom is 0.328 e. The third-order valence-corrected chi connectivity index (χ3v) is 4.15. The molecule has 0 radical (unpaired) electrons. The fraction of sp³-hybridized carbons (Fsp3) is 0.353. The lowest BCUT2D eigenvalue weighted by Crippen LogP contribution is -2.38. The van der Waals surface area contributed by atoms with Crippen molar-refractivity contribution in [2.45, 2.75) is 12.8 Å². The van der Waals surface area contributed by atoms with Gasteiger partial charge in [0.1, 0.15) is 5.75 Å². The van der Waals surface area contributed by atoms with Gasteiger partial charge in [0.25, 0.3) is 5.56 Å². The van der Waals surface area contributed by atoms with Crippen molar-refractivity contribution < 1.29 is 9.53 Å². The molecule has 0 saturated heterocycles. The molecular weight excluding hydrogens is 310 g/mol. The third kappa shape index (κ3) is 3.40. The number of nitrogens with zero attached hydrogens (tertiary/aromatic N) is 1. The molecular formula is C17H19N3O4. The van der Waals surface area contributed by atoms with E-state index in [-0.39, 0.29) is 23.8 Å². The molecule has 3 rings (SSSR count). The molecule has 1 atom stereocenters. The molecule has 0 unspecified atom stereocenters. The lowest BCUT2D eigenvalue weighted by atomic mass is 9.97. The van der Waals surface area contributed by atoms with Gasteiger partial charge in [-0.25, -0.2) is 4.79 Å². The lowest BCUT2D eigenvalue weighted by Gasteiger charge is -2.25. The maximum atomic E-state index is 12.1. The van der Waals surface area contributed by atoms with Crippen molar-refractivity contribution in [1.82, 2.24) is 14.9 Å². The standard InChI is InChI=1S/C17H19N3O4/c1-20-16(22)13(9-19-17(20)23)7-15(21)18-8-11-6-12-4-2-3-5-14(12)24-10-11/h2-5,9,11H,6-8,10H2,1H3,(H,18,21)(H,19,23)/t11-/m1/s1. The van der Waals surface area contributed by atoms with Crippen molar-refractivity contribution in [2.75, 3.05) is 13.2 Å². The maximum absolute atomic E-state index is 12.1. The number of aromatic amines is 1. The molecule has 2 N–H and O–H groups in total. The fourth-order valence-corrected chi connectivity index (χ4v) is 2.76. The Hall–Kier alpha value is -2.83. The second kappa shape index (κ2) is 6.74. The third-order valence-electron chi connectivity index (χ3n) is 4.15. The molecule has 7 nitrogen and oxygen atoms in total. The number of amides is 1. The van der Waals surface area contributed by atoms with Crippen LogP contribution in [0.15, 0.2) is 40.1 Å². The highest BCUT2D eigenvalue weighted by atomic mass is 16.5. The van der Waals surface area contributed by atoms with Gasteiger partial charge in [-0.3, -0.25) is 14.2 Å². The van der Waals surface area contributed by atoms with Crippen LogP contribution in [0.2, 0.25) is 0 Å². The predicted octanol–water partition coefficient (Wildman–Crippen LogP) is -0.0164. The molecule has 126 valence electrons. The van der Waals surface area contributed by atoms with E-state index >= 15 is 0 Å². The largest absolute Gasteiger partial charge is 0.493 e. The average Bonchev–Trinajstić information content (AvgIpc) is 2.60. The number of nitrogens with one attached hydrogen (secondary N) is 2. The lowest BCUT2D eigenvalue weighted by molar-refractivity contribution is -0.120. The zero-order chi connectivity index (χ0) is 17.1. The molecule has 2 heterocycles. The first kappa shape index (κ1) is 16.0. The molecule has 7 heteroatoms. The highest BCUT2D eigenvalue weighted by molar-refractivity contribution is 5.78. The summed E-state index contributed by atoms with van der Waals surface area (Å²) in [6.45, 7) is 1.04. The Kier molecular flexibility index (Phi) is 4.50. The Balaban J connectivity index is 1.56. The molecule has 0 aliphatic carbocycles. The molecule has 1 aliphatic rings. The number of H-pyrrole nitrogens is 1. The van der Waals surface area contributed by atoms with E-state index in [1.165, 1.54) is 13.2 Å². The predicted molar refractivity (Wildman–Crippen MR) is 88.1 cm³/mol. The second-order valence-electron chi connectivity index (χ2n) is 5.95. The van der Waals surface area contributed by atoms with Gasteiger partial charge in [0.2, 0.25) is 5.91 Å². The first-order valence-electron chi connectivity index (χ1n) is 7.79. The summed E-state index contributed by atoms with van der Waals surface area (Å²) >= 11 is 0. The van der Waals surface area contributed by atoms with Crippen LogP contribution >= 0.6 is 0 Å². The minimum Gasteiger partial charge on any atom is -0.493 e. The van der Waals surface area contributed by atoms with E-state index in [0.717, 1.165) is 22.3 Å². The molecule has 0 spiro atoms. The molecule has 1 aromatic heterocycles. The van der Waals surface area contributed by atoms with Gasteiger partial charge in [-0.1, -0.05) is 18.2 Å². The van der Waals surface area contributed by atoms with Crippen molar-refractivity contribution in [3.05, 3.63) is 62.4 Å². The molecule has 2 aromatic rings. The Morgan fingerprint density at radius 3 is 3.00 bits per heavy atom. The van der Waals surface area contributed by atoms with E-state index in [9.17, 15) is 14.4 Å². The molecule has 0 saturated carbocycles. The van der Waals surface area contributed by atoms with Crippen LogP contribution in [0.25, 0.3) is 0 Å². The first-order chi connectivity index (χ1) is 11.5. The number of fused-ring (bicyclic) bond motifs is 1. The quantitative estimate of drug-likeness (QED) is 0.825. The Morgan fingerprint density at radius 2 is 2.17 bits per heavy atom. The molecule has 24 heavy (non-hydrogen) atoms. The van der Waals surface area contributed by atoms with E-state index < -0.39 is 11.2 Å². The first-order valence-corrected chi connectivity index (χ1v) is 7.79. The van der Waals surface area contributed by atoms with Crippen molar-refractivity contribution in [2.24, 2.45) is 13.0 Å². The fourth-order valence-electron chi connectivity index (χ4n) is 2.76. The highest BCUT2D eigenvalue weighted by Gasteiger charge is 2.20. The van der Waals surface area contributed by atoms with Crippen molar-refractivity contribution in [3.63, 3.8) is 0 Å². The molecule has 0 bridgehead atoms. The average molecular weight is 329 g/mol. The molecule has 0 fully saturated rings. The van der Waals surface area contributed by atoms with E-state index in [2.05, 4.69) is 10.3 Å². The normalized spacial score (nSPS) is 16.1. The van der Waals surface area contributed by atoms with E-state index in [0.29, 0.717) is 13.2 Å². The topological polar surface area (TPSA) is 93.2 Å². The van der Waals surface area contributed by atoms with E-state index in [1.807, 2.05) is 24.3 Å². The van der Waals surface area contributed by atoms with Gasteiger partial charge in [-0.15, -0.1) is 0 Å². The monoisotopic (exact) mass is 329 g/mol. The molecule has 1 aromatic carbocycles. The van der Waals surface area contributed by atoms with Gasteiger partial charge in [-0.2, -0.15) is 0 Å². The van der Waals surface area contributed by atoms with Crippen LogP contribution in [0.1, 0.15) is 11.1 Å². The number of rotatable bonds is 4. The summed E-state index contributed by atoms with van der Waals surface area (Å²) in [7, 11) is 1.37. The van der Waals surface area contributed by atoms with E-state index in [1.54, 1.807) is 0 Å². The number of aromatic nitrogens is 2. The Bertz CT molecular complexity index is 869. The summed E-state index contributed by atoms with van der Waals surface area (Å²) in [5.41, 5.74) is 0.448. The number of hydrogen-bond donors (Lipinski definition) is 2. The van der Waals surface area contributed by atoms with Crippen LogP contribution in [-0.2, 0) is 24.7 Å². The zero-order valence-corrected chi connectivity index (χ0v) is 13.4. The summed E-state index contributed by atoms with van der Waals surface area (Å²) in [6.07, 6.45) is 2.08.